The number of aryl methyl sites for hydroxylation is 1. The van der Waals surface area contributed by atoms with E-state index in [9.17, 15) is 4.79 Å². The number of nitrogens with one attached hydrogen (secondary N) is 1. The lowest BCUT2D eigenvalue weighted by Gasteiger charge is -2.27. The van der Waals surface area contributed by atoms with Gasteiger partial charge in [-0.1, -0.05) is 0 Å². The molecule has 1 atom stereocenters. The molecule has 2 aliphatic rings. The molecule has 1 heterocycles. The summed E-state index contributed by atoms with van der Waals surface area (Å²) >= 11 is 0. The van der Waals surface area contributed by atoms with E-state index < -0.39 is 0 Å². The van der Waals surface area contributed by atoms with Gasteiger partial charge in [-0.25, -0.2) is 0 Å². The van der Waals surface area contributed by atoms with Gasteiger partial charge in [0.1, 0.15) is 0 Å². The van der Waals surface area contributed by atoms with Gasteiger partial charge in [-0.2, -0.15) is 0 Å². The minimum atomic E-state index is 0. The normalized spacial score (nSPS) is 17.0. The average Bonchev–Trinajstić information content (AvgIpc) is 3.02. The molecule has 8 heteroatoms. The SMILES string of the molecule is COc1cc2c(cc1OC)CC(=O)N(CCCNC1CCc3cc(OC)c(OC)cc3C1)CC2.Cl. The fourth-order valence-electron chi connectivity index (χ4n) is 5.09. The summed E-state index contributed by atoms with van der Waals surface area (Å²) in [6.45, 7) is 2.40. The summed E-state index contributed by atoms with van der Waals surface area (Å²) in [5, 5.41) is 3.70. The number of hydrogen-bond acceptors (Lipinski definition) is 6. The van der Waals surface area contributed by atoms with Gasteiger partial charge in [0.05, 0.1) is 34.9 Å². The molecule has 1 N–H and O–H groups in total. The predicted octanol–water partition coefficient (Wildman–Crippen LogP) is 3.61. The van der Waals surface area contributed by atoms with Crippen molar-refractivity contribution in [2.75, 3.05) is 48.1 Å². The number of carbonyl (C=O) groups excluding carboxylic acids is 1. The van der Waals surface area contributed by atoms with Crippen molar-refractivity contribution in [3.8, 4) is 23.0 Å². The van der Waals surface area contributed by atoms with Crippen LogP contribution in [0.2, 0.25) is 0 Å². The van der Waals surface area contributed by atoms with E-state index in [1.54, 1.807) is 28.4 Å². The van der Waals surface area contributed by atoms with Crippen molar-refractivity contribution in [3.05, 3.63) is 46.5 Å². The quantitative estimate of drug-likeness (QED) is 0.526. The highest BCUT2D eigenvalue weighted by Gasteiger charge is 2.23. The number of hydrogen-bond donors (Lipinski definition) is 1. The Labute approximate surface area is 214 Å². The second kappa shape index (κ2) is 12.4. The van der Waals surface area contributed by atoms with Gasteiger partial charge in [0.25, 0.3) is 0 Å². The fraction of sp³-hybridized carbons (Fsp3) is 0.519. The number of halogens is 1. The molecule has 0 radical (unpaired) electrons. The van der Waals surface area contributed by atoms with E-state index in [1.165, 1.54) is 16.7 Å². The van der Waals surface area contributed by atoms with Gasteiger partial charge in [0.15, 0.2) is 23.0 Å². The lowest BCUT2D eigenvalue weighted by Crippen LogP contribution is -2.38. The minimum absolute atomic E-state index is 0. The van der Waals surface area contributed by atoms with Crippen LogP contribution in [0.4, 0.5) is 0 Å². The van der Waals surface area contributed by atoms with Gasteiger partial charge >= 0.3 is 0 Å². The van der Waals surface area contributed by atoms with Crippen LogP contribution in [-0.4, -0.2) is 64.9 Å². The standard InChI is InChI=1S/C27H36N2O5.ClH/c1-31-23-13-18-6-7-22(12-20(18)15-25(23)33-3)28-9-5-10-29-11-8-19-14-24(32-2)26(34-4)16-21(19)17-27(29)30;/h13-16,22,28H,5-12,17H2,1-4H3;1H. The number of ether oxygens (including phenoxy) is 4. The van der Waals surface area contributed by atoms with E-state index in [0.29, 0.717) is 18.2 Å². The zero-order valence-electron chi connectivity index (χ0n) is 21.1. The molecule has 2 aromatic carbocycles. The Kier molecular flexibility index (Phi) is 9.52. The maximum atomic E-state index is 12.9. The number of rotatable bonds is 9. The van der Waals surface area contributed by atoms with Crippen LogP contribution >= 0.6 is 12.4 Å². The van der Waals surface area contributed by atoms with Crippen molar-refractivity contribution in [3.63, 3.8) is 0 Å². The Morgan fingerprint density at radius 3 is 1.97 bits per heavy atom. The second-order valence-corrected chi connectivity index (χ2v) is 9.01. The highest BCUT2D eigenvalue weighted by atomic mass is 35.5. The van der Waals surface area contributed by atoms with Crippen LogP contribution in [0.3, 0.4) is 0 Å². The summed E-state index contributed by atoms with van der Waals surface area (Å²) in [5.41, 5.74) is 4.88. The maximum absolute atomic E-state index is 12.9. The molecule has 0 spiro atoms. The molecule has 0 saturated heterocycles. The topological polar surface area (TPSA) is 69.3 Å². The number of nitrogens with zero attached hydrogens (tertiary/aromatic N) is 1. The molecule has 0 fully saturated rings. The molecular weight excluding hydrogens is 468 g/mol. The minimum Gasteiger partial charge on any atom is -0.493 e. The van der Waals surface area contributed by atoms with E-state index >= 15 is 0 Å². The van der Waals surface area contributed by atoms with Crippen LogP contribution in [0.25, 0.3) is 0 Å². The fourth-order valence-corrected chi connectivity index (χ4v) is 5.09. The van der Waals surface area contributed by atoms with E-state index in [4.69, 9.17) is 18.9 Å². The molecule has 35 heavy (non-hydrogen) atoms. The van der Waals surface area contributed by atoms with Crippen LogP contribution in [0.1, 0.15) is 35.1 Å². The first-order chi connectivity index (χ1) is 16.6. The van der Waals surface area contributed by atoms with Gasteiger partial charge < -0.3 is 29.2 Å². The molecule has 4 rings (SSSR count). The summed E-state index contributed by atoms with van der Waals surface area (Å²) in [4.78, 5) is 14.9. The predicted molar refractivity (Wildman–Crippen MR) is 139 cm³/mol. The lowest BCUT2D eigenvalue weighted by molar-refractivity contribution is -0.130. The van der Waals surface area contributed by atoms with Gasteiger partial charge in [-0.3, -0.25) is 4.79 Å². The zero-order chi connectivity index (χ0) is 24.1. The summed E-state index contributed by atoms with van der Waals surface area (Å²) in [5.74, 6) is 3.17. The summed E-state index contributed by atoms with van der Waals surface area (Å²) in [6.07, 6.45) is 5.29. The molecule has 192 valence electrons. The third-order valence-electron chi connectivity index (χ3n) is 7.02. The number of fused-ring (bicyclic) bond motifs is 2. The van der Waals surface area contributed by atoms with Crippen LogP contribution in [0, 0.1) is 0 Å². The number of benzene rings is 2. The lowest BCUT2D eigenvalue weighted by atomic mass is 9.88. The van der Waals surface area contributed by atoms with Crippen molar-refractivity contribution in [1.29, 1.82) is 0 Å². The Morgan fingerprint density at radius 2 is 1.37 bits per heavy atom. The Morgan fingerprint density at radius 1 is 0.829 bits per heavy atom. The summed E-state index contributed by atoms with van der Waals surface area (Å²) in [6, 6.07) is 8.62. The van der Waals surface area contributed by atoms with E-state index in [2.05, 4.69) is 17.4 Å². The number of amides is 1. The summed E-state index contributed by atoms with van der Waals surface area (Å²) < 4.78 is 21.8. The highest BCUT2D eigenvalue weighted by Crippen LogP contribution is 2.34. The van der Waals surface area contributed by atoms with Gasteiger partial charge in [0, 0.05) is 19.1 Å². The third kappa shape index (κ3) is 6.14. The molecule has 0 bridgehead atoms. The molecule has 0 aromatic heterocycles. The van der Waals surface area contributed by atoms with E-state index in [-0.39, 0.29) is 18.3 Å². The van der Waals surface area contributed by atoms with Crippen LogP contribution in [0.5, 0.6) is 23.0 Å². The smallest absolute Gasteiger partial charge is 0.227 e. The highest BCUT2D eigenvalue weighted by molar-refractivity contribution is 5.85. The molecule has 1 aliphatic heterocycles. The first kappa shape index (κ1) is 27.0. The Bertz CT molecular complexity index is 1030. The van der Waals surface area contributed by atoms with Crippen molar-refractivity contribution in [2.45, 2.75) is 44.6 Å². The van der Waals surface area contributed by atoms with Gasteiger partial charge in [0.2, 0.25) is 5.91 Å². The number of carbonyl (C=O) groups is 1. The average molecular weight is 505 g/mol. The molecule has 2 aromatic rings. The first-order valence-corrected chi connectivity index (χ1v) is 12.0. The summed E-state index contributed by atoms with van der Waals surface area (Å²) in [7, 11) is 6.63. The Hall–Kier alpha value is -2.64. The first-order valence-electron chi connectivity index (χ1n) is 12.0. The molecule has 0 saturated carbocycles. The van der Waals surface area contributed by atoms with Crippen LogP contribution in [0.15, 0.2) is 24.3 Å². The molecule has 1 aliphatic carbocycles. The molecule has 1 amide bonds. The monoisotopic (exact) mass is 504 g/mol. The van der Waals surface area contributed by atoms with Crippen molar-refractivity contribution in [1.82, 2.24) is 10.2 Å². The van der Waals surface area contributed by atoms with Crippen LogP contribution < -0.4 is 24.3 Å². The van der Waals surface area contributed by atoms with Crippen molar-refractivity contribution in [2.24, 2.45) is 0 Å². The van der Waals surface area contributed by atoms with E-state index in [0.717, 1.165) is 74.6 Å². The number of methoxy groups -OCH3 is 4. The van der Waals surface area contributed by atoms with E-state index in [1.807, 2.05) is 17.0 Å². The molecule has 1 unspecified atom stereocenters. The van der Waals surface area contributed by atoms with Gasteiger partial charge in [-0.05, 0) is 85.2 Å². The largest absolute Gasteiger partial charge is 0.493 e. The second-order valence-electron chi connectivity index (χ2n) is 9.01. The van der Waals surface area contributed by atoms with Crippen molar-refractivity contribution >= 4 is 18.3 Å². The molecule has 7 nitrogen and oxygen atoms in total. The van der Waals surface area contributed by atoms with Crippen molar-refractivity contribution < 1.29 is 23.7 Å². The van der Waals surface area contributed by atoms with Crippen LogP contribution in [-0.2, 0) is 30.5 Å². The maximum Gasteiger partial charge on any atom is 0.227 e. The van der Waals surface area contributed by atoms with Gasteiger partial charge in [-0.15, -0.1) is 12.4 Å². The Balaban J connectivity index is 0.00000342. The third-order valence-corrected chi connectivity index (χ3v) is 7.02. The zero-order valence-corrected chi connectivity index (χ0v) is 22.0. The molecular formula is C27H37ClN2O5.